The van der Waals surface area contributed by atoms with E-state index in [1.165, 1.54) is 5.56 Å². The molecule has 1 fully saturated rings. The van der Waals surface area contributed by atoms with Crippen LogP contribution in [0.2, 0.25) is 0 Å². The van der Waals surface area contributed by atoms with Crippen molar-refractivity contribution in [2.45, 2.75) is 36.7 Å². The number of nitrogens with one attached hydrogen (secondary N) is 1. The van der Waals surface area contributed by atoms with E-state index in [9.17, 15) is 9.59 Å². The number of nitrogens with zero attached hydrogens (tertiary/aromatic N) is 4. The monoisotopic (exact) mass is 499 g/mol. The smallest absolute Gasteiger partial charge is 0.251 e. The molecule has 1 aliphatic rings. The molecule has 0 unspecified atom stereocenters. The molecule has 0 saturated carbocycles. The van der Waals surface area contributed by atoms with Crippen molar-refractivity contribution in [1.82, 2.24) is 24.8 Å². The molecule has 36 heavy (non-hydrogen) atoms. The number of amides is 2. The maximum absolute atomic E-state index is 12.6. The second kappa shape index (κ2) is 11.4. The van der Waals surface area contributed by atoms with Gasteiger partial charge in [0.25, 0.3) is 5.91 Å². The van der Waals surface area contributed by atoms with Crippen LogP contribution in [-0.4, -0.2) is 50.9 Å². The number of carbonyl (C=O) groups excluding carboxylic acids is 2. The van der Waals surface area contributed by atoms with Crippen molar-refractivity contribution in [3.63, 3.8) is 0 Å². The number of hydrogen-bond acceptors (Lipinski definition) is 5. The predicted molar refractivity (Wildman–Crippen MR) is 142 cm³/mol. The zero-order valence-corrected chi connectivity index (χ0v) is 20.9. The Balaban J connectivity index is 1.21. The Kier molecular flexibility index (Phi) is 7.61. The largest absolute Gasteiger partial charge is 0.352 e. The number of aromatic nitrogens is 3. The highest BCUT2D eigenvalue weighted by molar-refractivity contribution is 7.98. The van der Waals surface area contributed by atoms with Crippen LogP contribution in [0, 0.1) is 0 Å². The van der Waals surface area contributed by atoms with Crippen molar-refractivity contribution in [1.29, 1.82) is 0 Å². The van der Waals surface area contributed by atoms with Crippen LogP contribution >= 0.6 is 11.8 Å². The summed E-state index contributed by atoms with van der Waals surface area (Å²) in [6.45, 7) is 2.74. The van der Waals surface area contributed by atoms with Gasteiger partial charge in [-0.05, 0) is 42.2 Å². The molecule has 5 rings (SSSR count). The van der Waals surface area contributed by atoms with E-state index < -0.39 is 0 Å². The summed E-state index contributed by atoms with van der Waals surface area (Å²) >= 11 is 1.71. The number of thioether (sulfide) groups is 1. The number of likely N-dealkylation sites (tertiary alicyclic amines) is 1. The van der Waals surface area contributed by atoms with E-state index in [0.717, 1.165) is 46.9 Å². The number of pyridine rings is 1. The summed E-state index contributed by atoms with van der Waals surface area (Å²) in [6, 6.07) is 20.0. The van der Waals surface area contributed by atoms with Gasteiger partial charge in [0.2, 0.25) is 5.91 Å². The summed E-state index contributed by atoms with van der Waals surface area (Å²) < 4.78 is 2.19. The quantitative estimate of drug-likeness (QED) is 0.256. The molecular formula is C28H29N5O2S. The molecule has 2 amide bonds. The Morgan fingerprint density at radius 1 is 1.03 bits per heavy atom. The molecule has 0 radical (unpaired) electrons. The molecule has 2 aromatic heterocycles. The molecule has 4 aromatic rings. The van der Waals surface area contributed by atoms with E-state index in [-0.39, 0.29) is 11.8 Å². The summed E-state index contributed by atoms with van der Waals surface area (Å²) in [6.07, 6.45) is 5.97. The summed E-state index contributed by atoms with van der Waals surface area (Å²) in [5.41, 5.74) is 4.89. The fourth-order valence-corrected chi connectivity index (χ4v) is 5.36. The van der Waals surface area contributed by atoms with Crippen molar-refractivity contribution in [3.05, 3.63) is 89.7 Å². The number of hydrogen-bond donors (Lipinski definition) is 1. The van der Waals surface area contributed by atoms with Crippen LogP contribution in [-0.2, 0) is 17.1 Å². The SMILES string of the molecule is O=C(NCCCN1CCCC1=O)c1ccc(Cn2c(SCc3ccccc3)nc3ccncc32)cc1. The summed E-state index contributed by atoms with van der Waals surface area (Å²) in [7, 11) is 0. The highest BCUT2D eigenvalue weighted by atomic mass is 32.2. The first-order valence-electron chi connectivity index (χ1n) is 12.3. The lowest BCUT2D eigenvalue weighted by atomic mass is 10.1. The van der Waals surface area contributed by atoms with Crippen molar-refractivity contribution in [3.8, 4) is 0 Å². The Morgan fingerprint density at radius 2 is 1.86 bits per heavy atom. The molecule has 184 valence electrons. The van der Waals surface area contributed by atoms with Crippen LogP contribution in [0.5, 0.6) is 0 Å². The molecule has 1 saturated heterocycles. The maximum Gasteiger partial charge on any atom is 0.251 e. The maximum atomic E-state index is 12.6. The Labute approximate surface area is 214 Å². The van der Waals surface area contributed by atoms with Crippen molar-refractivity contribution >= 4 is 34.6 Å². The highest BCUT2D eigenvalue weighted by Crippen LogP contribution is 2.27. The fourth-order valence-electron chi connectivity index (χ4n) is 4.39. The summed E-state index contributed by atoms with van der Waals surface area (Å²) in [5.74, 6) is 0.966. The van der Waals surface area contributed by atoms with E-state index in [1.54, 1.807) is 18.0 Å². The van der Waals surface area contributed by atoms with Gasteiger partial charge in [-0.15, -0.1) is 0 Å². The summed E-state index contributed by atoms with van der Waals surface area (Å²) in [5, 5.41) is 3.91. The number of rotatable bonds is 10. The lowest BCUT2D eigenvalue weighted by Gasteiger charge is -2.15. The van der Waals surface area contributed by atoms with Gasteiger partial charge in [0.05, 0.1) is 23.8 Å². The number of benzene rings is 2. The topological polar surface area (TPSA) is 80.1 Å². The van der Waals surface area contributed by atoms with Gasteiger partial charge in [-0.3, -0.25) is 14.6 Å². The van der Waals surface area contributed by atoms with Gasteiger partial charge in [-0.2, -0.15) is 0 Å². The molecule has 0 atom stereocenters. The standard InChI is InChI=1S/C28H29N5O2S/c34-26-8-4-16-32(26)17-5-14-30-27(35)23-11-9-21(10-12-23)19-33-25-18-29-15-13-24(25)31-28(33)36-20-22-6-2-1-3-7-22/h1-3,6-7,9-13,15,18H,4-5,8,14,16-17,19-20H2,(H,30,35). The van der Waals surface area contributed by atoms with Crippen molar-refractivity contribution in [2.75, 3.05) is 19.6 Å². The van der Waals surface area contributed by atoms with Gasteiger partial charge in [-0.25, -0.2) is 4.98 Å². The van der Waals surface area contributed by atoms with E-state index in [2.05, 4.69) is 39.1 Å². The van der Waals surface area contributed by atoms with Gasteiger partial charge >= 0.3 is 0 Å². The van der Waals surface area contributed by atoms with E-state index in [0.29, 0.717) is 31.6 Å². The Morgan fingerprint density at radius 3 is 2.64 bits per heavy atom. The van der Waals surface area contributed by atoms with Gasteiger partial charge < -0.3 is 14.8 Å². The molecule has 2 aromatic carbocycles. The molecule has 8 heteroatoms. The third-order valence-electron chi connectivity index (χ3n) is 6.34. The van der Waals surface area contributed by atoms with Crippen LogP contribution in [0.4, 0.5) is 0 Å². The van der Waals surface area contributed by atoms with Crippen LogP contribution in [0.25, 0.3) is 11.0 Å². The third-order valence-corrected chi connectivity index (χ3v) is 7.39. The van der Waals surface area contributed by atoms with E-state index in [1.807, 2.05) is 47.5 Å². The second-order valence-electron chi connectivity index (χ2n) is 8.91. The zero-order chi connectivity index (χ0) is 24.7. The van der Waals surface area contributed by atoms with Crippen LogP contribution in [0.15, 0.2) is 78.2 Å². The summed E-state index contributed by atoms with van der Waals surface area (Å²) in [4.78, 5) is 35.3. The molecule has 1 aliphatic heterocycles. The van der Waals surface area contributed by atoms with Gasteiger partial charge in [0, 0.05) is 43.6 Å². The minimum absolute atomic E-state index is 0.0920. The van der Waals surface area contributed by atoms with Gasteiger partial charge in [0.1, 0.15) is 0 Å². The first-order valence-corrected chi connectivity index (χ1v) is 13.3. The van der Waals surface area contributed by atoms with E-state index >= 15 is 0 Å². The molecule has 7 nitrogen and oxygen atoms in total. The molecule has 0 spiro atoms. The van der Waals surface area contributed by atoms with Crippen molar-refractivity contribution in [2.24, 2.45) is 0 Å². The minimum atomic E-state index is -0.0920. The second-order valence-corrected chi connectivity index (χ2v) is 9.85. The first kappa shape index (κ1) is 24.1. The zero-order valence-electron chi connectivity index (χ0n) is 20.1. The first-order chi connectivity index (χ1) is 17.7. The molecule has 1 N–H and O–H groups in total. The number of carbonyl (C=O) groups is 2. The predicted octanol–water partition coefficient (Wildman–Crippen LogP) is 4.51. The normalized spacial score (nSPS) is 13.4. The molecular weight excluding hydrogens is 470 g/mol. The average molecular weight is 500 g/mol. The molecule has 0 aliphatic carbocycles. The van der Waals surface area contributed by atoms with Crippen LogP contribution < -0.4 is 5.32 Å². The fraction of sp³-hybridized carbons (Fsp3) is 0.286. The van der Waals surface area contributed by atoms with Gasteiger partial charge in [0.15, 0.2) is 5.16 Å². The Bertz CT molecular complexity index is 1340. The highest BCUT2D eigenvalue weighted by Gasteiger charge is 2.19. The lowest BCUT2D eigenvalue weighted by molar-refractivity contribution is -0.127. The minimum Gasteiger partial charge on any atom is -0.352 e. The molecule has 0 bridgehead atoms. The Hall–Kier alpha value is -3.65. The average Bonchev–Trinajstić information content (AvgIpc) is 3.49. The number of imidazole rings is 1. The lowest BCUT2D eigenvalue weighted by Crippen LogP contribution is -2.30. The van der Waals surface area contributed by atoms with Gasteiger partial charge in [-0.1, -0.05) is 54.2 Å². The third kappa shape index (κ3) is 5.76. The van der Waals surface area contributed by atoms with Crippen LogP contribution in [0.1, 0.15) is 40.7 Å². The van der Waals surface area contributed by atoms with E-state index in [4.69, 9.17) is 4.98 Å². The van der Waals surface area contributed by atoms with Crippen LogP contribution in [0.3, 0.4) is 0 Å². The van der Waals surface area contributed by atoms with Crippen molar-refractivity contribution < 1.29 is 9.59 Å². The molecule has 3 heterocycles. The number of fused-ring (bicyclic) bond motifs is 1.